The van der Waals surface area contributed by atoms with Crippen molar-refractivity contribution in [1.82, 2.24) is 4.98 Å². The molecule has 0 bridgehead atoms. The summed E-state index contributed by atoms with van der Waals surface area (Å²) in [6, 6.07) is 8.14. The number of carboxylic acid groups (broad SMARTS) is 1. The van der Waals surface area contributed by atoms with E-state index in [0.29, 0.717) is 11.5 Å². The molecule has 1 aromatic carbocycles. The van der Waals surface area contributed by atoms with E-state index in [-0.39, 0.29) is 0 Å². The largest absolute Gasteiger partial charge is 0.493 e. The second-order valence-corrected chi connectivity index (χ2v) is 7.58. The maximum absolute atomic E-state index is 11.4. The summed E-state index contributed by atoms with van der Waals surface area (Å²) >= 11 is 0. The van der Waals surface area contributed by atoms with Gasteiger partial charge in [0.1, 0.15) is 5.75 Å². The van der Waals surface area contributed by atoms with Gasteiger partial charge in [0.2, 0.25) is 0 Å². The summed E-state index contributed by atoms with van der Waals surface area (Å²) in [5.74, 6) is 1.38. The maximum Gasteiger partial charge on any atom is 0.336 e. The molecule has 0 spiro atoms. The number of hydrogen-bond donors (Lipinski definition) is 1. The highest BCUT2D eigenvalue weighted by Gasteiger charge is 2.24. The first-order valence-electron chi connectivity index (χ1n) is 9.62. The number of aryl methyl sites for hydroxylation is 2. The van der Waals surface area contributed by atoms with Gasteiger partial charge in [-0.05, 0) is 91.7 Å². The second kappa shape index (κ2) is 7.48. The Labute approximate surface area is 154 Å². The van der Waals surface area contributed by atoms with E-state index in [4.69, 9.17) is 4.74 Å². The minimum atomic E-state index is -0.871. The third-order valence-electron chi connectivity index (χ3n) is 5.63. The van der Waals surface area contributed by atoms with Crippen LogP contribution < -0.4 is 4.74 Å². The summed E-state index contributed by atoms with van der Waals surface area (Å²) in [6.07, 6.45) is 11.0. The van der Waals surface area contributed by atoms with Gasteiger partial charge in [-0.2, -0.15) is 0 Å². The van der Waals surface area contributed by atoms with Gasteiger partial charge in [0, 0.05) is 12.4 Å². The average Bonchev–Trinajstić information content (AvgIpc) is 3.49. The lowest BCUT2D eigenvalue weighted by atomic mass is 9.79. The first kappa shape index (κ1) is 17.1. The molecule has 1 aromatic heterocycles. The molecule has 4 nitrogen and oxygen atoms in total. The number of hydrogen-bond acceptors (Lipinski definition) is 3. The van der Waals surface area contributed by atoms with E-state index in [1.165, 1.54) is 30.4 Å². The Morgan fingerprint density at radius 1 is 1.23 bits per heavy atom. The maximum atomic E-state index is 11.4. The van der Waals surface area contributed by atoms with Crippen molar-refractivity contribution in [2.45, 2.75) is 50.9 Å². The summed E-state index contributed by atoms with van der Waals surface area (Å²) in [7, 11) is 0. The van der Waals surface area contributed by atoms with Gasteiger partial charge < -0.3 is 9.84 Å². The molecule has 0 saturated heterocycles. The Morgan fingerprint density at radius 2 is 2.12 bits per heavy atom. The van der Waals surface area contributed by atoms with Gasteiger partial charge in [-0.1, -0.05) is 6.07 Å². The molecule has 4 rings (SSSR count). The lowest BCUT2D eigenvalue weighted by molar-refractivity contribution is 0.0695. The van der Waals surface area contributed by atoms with Gasteiger partial charge in [0.15, 0.2) is 0 Å². The zero-order chi connectivity index (χ0) is 17.9. The van der Waals surface area contributed by atoms with Crippen molar-refractivity contribution in [2.75, 3.05) is 6.61 Å². The van der Waals surface area contributed by atoms with E-state index in [2.05, 4.69) is 23.2 Å². The lowest BCUT2D eigenvalue weighted by Crippen LogP contribution is -2.12. The number of rotatable bonds is 7. The predicted octanol–water partition coefficient (Wildman–Crippen LogP) is 4.62. The molecule has 1 N–H and O–H groups in total. The van der Waals surface area contributed by atoms with Gasteiger partial charge in [0.05, 0.1) is 12.2 Å². The molecule has 0 radical (unpaired) electrons. The molecule has 1 heterocycles. The molecule has 0 amide bonds. The zero-order valence-corrected chi connectivity index (χ0v) is 15.0. The van der Waals surface area contributed by atoms with Gasteiger partial charge in [-0.15, -0.1) is 0 Å². The highest BCUT2D eigenvalue weighted by atomic mass is 16.5. The fraction of sp³-hybridized carbons (Fsp3) is 0.455. The standard InChI is InChI=1S/C22H25NO3/c24-22(25)21-10-11-23-13-18(21)7-6-16-2-1-3-17-12-19(8-9-20(16)17)26-14-15-4-5-15/h8-13,15-16H,1-7,14H2,(H,24,25). The predicted molar refractivity (Wildman–Crippen MR) is 99.9 cm³/mol. The quantitative estimate of drug-likeness (QED) is 0.790. The summed E-state index contributed by atoms with van der Waals surface area (Å²) in [4.78, 5) is 15.5. The van der Waals surface area contributed by atoms with Crippen molar-refractivity contribution in [1.29, 1.82) is 0 Å². The van der Waals surface area contributed by atoms with Crippen LogP contribution in [0.2, 0.25) is 0 Å². The lowest BCUT2D eigenvalue weighted by Gasteiger charge is -2.26. The van der Waals surface area contributed by atoms with Crippen molar-refractivity contribution >= 4 is 5.97 Å². The van der Waals surface area contributed by atoms with E-state index in [1.807, 2.05) is 0 Å². The first-order chi connectivity index (χ1) is 12.7. The number of aromatic nitrogens is 1. The number of fused-ring (bicyclic) bond motifs is 1. The summed E-state index contributed by atoms with van der Waals surface area (Å²) in [6.45, 7) is 0.848. The van der Waals surface area contributed by atoms with Crippen molar-refractivity contribution in [3.8, 4) is 5.75 Å². The number of benzene rings is 1. The van der Waals surface area contributed by atoms with Crippen LogP contribution in [0.25, 0.3) is 0 Å². The van der Waals surface area contributed by atoms with Crippen LogP contribution in [-0.2, 0) is 12.8 Å². The fourth-order valence-corrected chi connectivity index (χ4v) is 3.94. The zero-order valence-electron chi connectivity index (χ0n) is 15.0. The SMILES string of the molecule is O=C(O)c1ccncc1CCC1CCCc2cc(OCC3CC3)ccc21. The number of nitrogens with zero attached hydrogens (tertiary/aromatic N) is 1. The van der Waals surface area contributed by atoms with Gasteiger partial charge in [-0.3, -0.25) is 4.98 Å². The molecule has 1 unspecified atom stereocenters. The third-order valence-corrected chi connectivity index (χ3v) is 5.63. The Morgan fingerprint density at radius 3 is 2.92 bits per heavy atom. The Balaban J connectivity index is 1.45. The number of ether oxygens (including phenoxy) is 1. The van der Waals surface area contributed by atoms with Crippen molar-refractivity contribution < 1.29 is 14.6 Å². The summed E-state index contributed by atoms with van der Waals surface area (Å²) in [5, 5.41) is 9.34. The molecule has 1 saturated carbocycles. The van der Waals surface area contributed by atoms with Crippen LogP contribution in [0.1, 0.15) is 65.1 Å². The number of carboxylic acids is 1. The minimum absolute atomic E-state index is 0.375. The van der Waals surface area contributed by atoms with E-state index < -0.39 is 5.97 Å². The smallest absolute Gasteiger partial charge is 0.336 e. The fourth-order valence-electron chi connectivity index (χ4n) is 3.94. The van der Waals surface area contributed by atoms with Crippen LogP contribution in [0.15, 0.2) is 36.7 Å². The minimum Gasteiger partial charge on any atom is -0.493 e. The van der Waals surface area contributed by atoms with Crippen LogP contribution in [0.5, 0.6) is 5.75 Å². The molecule has 2 aromatic rings. The number of pyridine rings is 1. The van der Waals surface area contributed by atoms with Crippen molar-refractivity contribution in [3.05, 3.63) is 58.9 Å². The van der Waals surface area contributed by atoms with Gasteiger partial charge >= 0.3 is 5.97 Å². The summed E-state index contributed by atoms with van der Waals surface area (Å²) in [5.41, 5.74) is 4.02. The number of carbonyl (C=O) groups is 1. The molecule has 2 aliphatic rings. The molecular formula is C22H25NO3. The molecule has 2 aliphatic carbocycles. The van der Waals surface area contributed by atoms with Crippen molar-refractivity contribution in [3.63, 3.8) is 0 Å². The van der Waals surface area contributed by atoms with Gasteiger partial charge in [0.25, 0.3) is 0 Å². The van der Waals surface area contributed by atoms with Crippen LogP contribution in [0, 0.1) is 5.92 Å². The molecule has 0 aliphatic heterocycles. The Bertz CT molecular complexity index is 798. The monoisotopic (exact) mass is 351 g/mol. The molecule has 26 heavy (non-hydrogen) atoms. The normalized spacial score (nSPS) is 19.0. The number of aromatic carboxylic acids is 1. The molecular weight excluding hydrogens is 326 g/mol. The van der Waals surface area contributed by atoms with Crippen LogP contribution >= 0.6 is 0 Å². The molecule has 1 atom stereocenters. The Hall–Kier alpha value is -2.36. The second-order valence-electron chi connectivity index (χ2n) is 7.58. The van der Waals surface area contributed by atoms with Crippen molar-refractivity contribution in [2.24, 2.45) is 5.92 Å². The topological polar surface area (TPSA) is 59.4 Å². The van der Waals surface area contributed by atoms with E-state index >= 15 is 0 Å². The summed E-state index contributed by atoms with van der Waals surface area (Å²) < 4.78 is 5.93. The Kier molecular flexibility index (Phi) is 4.91. The van der Waals surface area contributed by atoms with Crippen LogP contribution in [0.3, 0.4) is 0 Å². The van der Waals surface area contributed by atoms with E-state index in [0.717, 1.165) is 49.5 Å². The molecule has 1 fully saturated rings. The van der Waals surface area contributed by atoms with E-state index in [9.17, 15) is 9.90 Å². The van der Waals surface area contributed by atoms with E-state index in [1.54, 1.807) is 18.5 Å². The highest BCUT2D eigenvalue weighted by molar-refractivity contribution is 5.89. The average molecular weight is 351 g/mol. The van der Waals surface area contributed by atoms with Crippen LogP contribution in [-0.4, -0.2) is 22.7 Å². The first-order valence-corrected chi connectivity index (χ1v) is 9.62. The van der Waals surface area contributed by atoms with Gasteiger partial charge in [-0.25, -0.2) is 4.79 Å². The molecule has 4 heteroatoms. The third kappa shape index (κ3) is 3.90. The van der Waals surface area contributed by atoms with Crippen LogP contribution in [0.4, 0.5) is 0 Å². The highest BCUT2D eigenvalue weighted by Crippen LogP contribution is 2.37. The molecule has 136 valence electrons.